The van der Waals surface area contributed by atoms with Crippen LogP contribution < -0.4 is 5.32 Å². The first kappa shape index (κ1) is 17.1. The van der Waals surface area contributed by atoms with Gasteiger partial charge in [0.2, 0.25) is 17.7 Å². The first-order valence-electron chi connectivity index (χ1n) is 9.45. The van der Waals surface area contributed by atoms with Gasteiger partial charge in [-0.3, -0.25) is 29.4 Å². The number of nitrogens with zero attached hydrogens (tertiary/aromatic N) is 2. The Kier molecular flexibility index (Phi) is 3.50. The molecule has 0 radical (unpaired) electrons. The summed E-state index contributed by atoms with van der Waals surface area (Å²) in [5, 5.41) is 13.6. The summed E-state index contributed by atoms with van der Waals surface area (Å²) in [5.74, 6) is -0.474. The maximum absolute atomic E-state index is 12.9. The third-order valence-corrected chi connectivity index (χ3v) is 6.76. The van der Waals surface area contributed by atoms with Crippen molar-refractivity contribution in [2.45, 2.75) is 13.3 Å². The number of aryl methyl sites for hydroxylation is 1. The van der Waals surface area contributed by atoms with Gasteiger partial charge >= 0.3 is 0 Å². The summed E-state index contributed by atoms with van der Waals surface area (Å²) in [6.45, 7) is 1.36. The molecule has 2 bridgehead atoms. The predicted molar refractivity (Wildman–Crippen MR) is 97.9 cm³/mol. The molecule has 8 nitrogen and oxygen atoms in total. The van der Waals surface area contributed by atoms with E-state index in [4.69, 9.17) is 0 Å². The second kappa shape index (κ2) is 5.73. The summed E-state index contributed by atoms with van der Waals surface area (Å²) in [6.07, 6.45) is 5.25. The molecule has 1 N–H and O–H groups in total. The molecule has 1 heterocycles. The van der Waals surface area contributed by atoms with Crippen LogP contribution in [0.4, 0.5) is 11.4 Å². The lowest BCUT2D eigenvalue weighted by atomic mass is 9.63. The van der Waals surface area contributed by atoms with Gasteiger partial charge in [-0.15, -0.1) is 0 Å². The summed E-state index contributed by atoms with van der Waals surface area (Å²) < 4.78 is 0. The molecule has 6 atom stereocenters. The summed E-state index contributed by atoms with van der Waals surface area (Å²) in [6, 6.07) is 4.18. The highest BCUT2D eigenvalue weighted by atomic mass is 16.6. The monoisotopic (exact) mass is 381 g/mol. The van der Waals surface area contributed by atoms with Crippen molar-refractivity contribution in [2.24, 2.45) is 35.5 Å². The van der Waals surface area contributed by atoms with Gasteiger partial charge in [0.15, 0.2) is 0 Å². The molecule has 1 saturated heterocycles. The van der Waals surface area contributed by atoms with E-state index in [-0.39, 0.29) is 47.7 Å². The van der Waals surface area contributed by atoms with Crippen LogP contribution in [-0.4, -0.2) is 34.1 Å². The second-order valence-corrected chi connectivity index (χ2v) is 8.22. The summed E-state index contributed by atoms with van der Waals surface area (Å²) in [5.41, 5.74) is 0.829. The van der Waals surface area contributed by atoms with Gasteiger partial charge < -0.3 is 5.32 Å². The molecule has 8 heteroatoms. The molecular formula is C20H19N3O5. The molecule has 1 aromatic rings. The van der Waals surface area contributed by atoms with E-state index in [0.717, 1.165) is 11.3 Å². The first-order chi connectivity index (χ1) is 13.4. The van der Waals surface area contributed by atoms with Crippen molar-refractivity contribution < 1.29 is 19.3 Å². The number of amides is 3. The van der Waals surface area contributed by atoms with E-state index in [1.807, 2.05) is 0 Å². The van der Waals surface area contributed by atoms with Gasteiger partial charge in [0.25, 0.3) is 5.69 Å². The Morgan fingerprint density at radius 1 is 1.18 bits per heavy atom. The lowest BCUT2D eigenvalue weighted by molar-refractivity contribution is -0.384. The van der Waals surface area contributed by atoms with Crippen LogP contribution in [0.2, 0.25) is 0 Å². The fourth-order valence-electron chi connectivity index (χ4n) is 5.37. The van der Waals surface area contributed by atoms with Crippen molar-refractivity contribution in [3.05, 3.63) is 46.0 Å². The number of nitrogens with one attached hydrogen (secondary N) is 1. The molecule has 1 aromatic carbocycles. The number of carbonyl (C=O) groups excluding carboxylic acids is 3. The zero-order chi connectivity index (χ0) is 19.7. The van der Waals surface area contributed by atoms with E-state index >= 15 is 0 Å². The largest absolute Gasteiger partial charge is 0.324 e. The van der Waals surface area contributed by atoms with Crippen molar-refractivity contribution in [1.82, 2.24) is 4.90 Å². The molecule has 2 saturated carbocycles. The van der Waals surface area contributed by atoms with Crippen molar-refractivity contribution in [2.75, 3.05) is 11.9 Å². The maximum atomic E-state index is 12.9. The zero-order valence-corrected chi connectivity index (χ0v) is 15.2. The van der Waals surface area contributed by atoms with Gasteiger partial charge in [0.05, 0.1) is 22.4 Å². The molecular weight excluding hydrogens is 362 g/mol. The minimum absolute atomic E-state index is 0.114. The number of allylic oxidation sites excluding steroid dienone is 2. The molecule has 6 rings (SSSR count). The Bertz CT molecular complexity index is 935. The highest BCUT2D eigenvalue weighted by molar-refractivity contribution is 6.09. The topological polar surface area (TPSA) is 110 Å². The number of hydrogen-bond donors (Lipinski definition) is 1. The third kappa shape index (κ3) is 2.33. The molecule has 144 valence electrons. The highest BCUT2D eigenvalue weighted by Gasteiger charge is 2.67. The van der Waals surface area contributed by atoms with Crippen LogP contribution >= 0.6 is 0 Å². The number of nitro benzene ring substituents is 1. The molecule has 0 unspecified atom stereocenters. The quantitative estimate of drug-likeness (QED) is 0.371. The Morgan fingerprint density at radius 3 is 2.36 bits per heavy atom. The van der Waals surface area contributed by atoms with Crippen LogP contribution in [0.1, 0.15) is 12.0 Å². The van der Waals surface area contributed by atoms with E-state index in [1.54, 1.807) is 13.0 Å². The smallest absolute Gasteiger partial charge is 0.271 e. The standard InChI is InChI=1S/C20H19N3O5/c1-9-2-3-10(23(27)28)6-15(9)21-16(24)8-22-19(25)17-11-4-5-12(14-7-13(11)14)18(17)20(22)26/h2-6,11-14,17-18H,7-8H2,1H3,(H,21,24)/t11-,12-,13-,14+,17+,18+/m0/s1. The molecule has 5 aliphatic rings. The van der Waals surface area contributed by atoms with E-state index < -0.39 is 10.8 Å². The van der Waals surface area contributed by atoms with E-state index in [1.165, 1.54) is 12.1 Å². The molecule has 0 spiro atoms. The zero-order valence-electron chi connectivity index (χ0n) is 15.2. The normalized spacial score (nSPS) is 34.2. The second-order valence-electron chi connectivity index (χ2n) is 8.22. The Morgan fingerprint density at radius 2 is 1.79 bits per heavy atom. The molecule has 28 heavy (non-hydrogen) atoms. The SMILES string of the molecule is Cc1ccc([N+](=O)[O-])cc1NC(=O)CN1C(=O)[C@@H]2[C@H]3C=C[C@@H]([C@@H]4C[C@H]34)[C@H]2C1=O. The number of rotatable bonds is 4. The number of anilines is 1. The van der Waals surface area contributed by atoms with Gasteiger partial charge in [-0.1, -0.05) is 18.2 Å². The van der Waals surface area contributed by atoms with Gasteiger partial charge in [-0.05, 0) is 42.6 Å². The Hall–Kier alpha value is -3.03. The number of non-ortho nitro benzene ring substituents is 1. The summed E-state index contributed by atoms with van der Waals surface area (Å²) in [7, 11) is 0. The minimum atomic E-state index is -0.540. The van der Waals surface area contributed by atoms with Crippen LogP contribution in [0.25, 0.3) is 0 Å². The molecule has 4 aliphatic carbocycles. The average Bonchev–Trinajstić information content (AvgIpc) is 3.44. The van der Waals surface area contributed by atoms with Crippen LogP contribution in [0.5, 0.6) is 0 Å². The van der Waals surface area contributed by atoms with Gasteiger partial charge in [0, 0.05) is 12.1 Å². The Labute approximate surface area is 160 Å². The van der Waals surface area contributed by atoms with E-state index in [9.17, 15) is 24.5 Å². The van der Waals surface area contributed by atoms with Crippen LogP contribution in [0.3, 0.4) is 0 Å². The third-order valence-electron chi connectivity index (χ3n) is 6.76. The highest BCUT2D eigenvalue weighted by Crippen LogP contribution is 2.65. The van der Waals surface area contributed by atoms with Gasteiger partial charge in [0.1, 0.15) is 6.54 Å². The molecule has 0 aromatic heterocycles. The van der Waals surface area contributed by atoms with Crippen LogP contribution in [-0.2, 0) is 14.4 Å². The average molecular weight is 381 g/mol. The molecule has 3 fully saturated rings. The molecule has 3 amide bonds. The fourth-order valence-corrected chi connectivity index (χ4v) is 5.37. The van der Waals surface area contributed by atoms with Crippen molar-refractivity contribution in [1.29, 1.82) is 0 Å². The van der Waals surface area contributed by atoms with Crippen LogP contribution in [0, 0.1) is 52.5 Å². The van der Waals surface area contributed by atoms with Gasteiger partial charge in [-0.25, -0.2) is 0 Å². The van der Waals surface area contributed by atoms with Gasteiger partial charge in [-0.2, -0.15) is 0 Å². The number of likely N-dealkylation sites (tertiary alicyclic amines) is 1. The summed E-state index contributed by atoms with van der Waals surface area (Å²) in [4.78, 5) is 49.8. The van der Waals surface area contributed by atoms with Crippen molar-refractivity contribution in [3.63, 3.8) is 0 Å². The summed E-state index contributed by atoms with van der Waals surface area (Å²) >= 11 is 0. The number of carbonyl (C=O) groups is 3. The van der Waals surface area contributed by atoms with Crippen molar-refractivity contribution in [3.8, 4) is 0 Å². The predicted octanol–water partition coefficient (Wildman–Crippen LogP) is 1.89. The van der Waals surface area contributed by atoms with Crippen molar-refractivity contribution >= 4 is 29.1 Å². The van der Waals surface area contributed by atoms with E-state index in [0.29, 0.717) is 23.1 Å². The number of imide groups is 1. The lowest BCUT2D eigenvalue weighted by Gasteiger charge is -2.37. The van der Waals surface area contributed by atoms with Crippen LogP contribution in [0.15, 0.2) is 30.4 Å². The van der Waals surface area contributed by atoms with E-state index in [2.05, 4.69) is 17.5 Å². The number of hydrogen-bond acceptors (Lipinski definition) is 5. The number of nitro groups is 1. The first-order valence-corrected chi connectivity index (χ1v) is 9.45. The minimum Gasteiger partial charge on any atom is -0.324 e. The Balaban J connectivity index is 1.33. The maximum Gasteiger partial charge on any atom is 0.271 e. The number of benzene rings is 1. The molecule has 1 aliphatic heterocycles. The fraction of sp³-hybridized carbons (Fsp3) is 0.450. The lowest BCUT2D eigenvalue weighted by Crippen LogP contribution is -2.40.